The number of nitrogens with one attached hydrogen (secondary N) is 3. The average Bonchev–Trinajstić information content (AvgIpc) is 2.84. The van der Waals surface area contributed by atoms with Crippen molar-refractivity contribution in [3.05, 3.63) is 36.0 Å². The first-order valence-electron chi connectivity index (χ1n) is 6.97. The minimum Gasteiger partial charge on any atom is -0.361 e. The Hall–Kier alpha value is -2.30. The van der Waals surface area contributed by atoms with Crippen LogP contribution in [0.1, 0.15) is 38.1 Å². The van der Waals surface area contributed by atoms with Crippen molar-refractivity contribution in [3.63, 3.8) is 0 Å². The number of H-pyrrole nitrogens is 1. The Balaban J connectivity index is 2.11. The van der Waals surface area contributed by atoms with E-state index in [0.29, 0.717) is 5.56 Å². The first-order chi connectivity index (χ1) is 9.78. The lowest BCUT2D eigenvalue weighted by atomic mass is 10.1. The third kappa shape index (κ3) is 3.62. The van der Waals surface area contributed by atoms with Gasteiger partial charge >= 0.3 is 0 Å². The van der Waals surface area contributed by atoms with Crippen LogP contribution < -0.4 is 10.6 Å². The van der Waals surface area contributed by atoms with Gasteiger partial charge < -0.3 is 15.6 Å². The maximum atomic E-state index is 12.3. The fourth-order valence-corrected chi connectivity index (χ4v) is 2.09. The van der Waals surface area contributed by atoms with Crippen molar-refractivity contribution in [2.45, 2.75) is 39.3 Å². The summed E-state index contributed by atoms with van der Waals surface area (Å²) in [6.45, 7) is 7.38. The summed E-state index contributed by atoms with van der Waals surface area (Å²) in [4.78, 5) is 27.4. The van der Waals surface area contributed by atoms with Crippen molar-refractivity contribution in [2.24, 2.45) is 0 Å². The summed E-state index contributed by atoms with van der Waals surface area (Å²) in [5, 5.41) is 6.54. The quantitative estimate of drug-likeness (QED) is 0.809. The van der Waals surface area contributed by atoms with Crippen molar-refractivity contribution in [1.29, 1.82) is 0 Å². The largest absolute Gasteiger partial charge is 0.361 e. The molecule has 5 nitrogen and oxygen atoms in total. The molecule has 0 spiro atoms. The Bertz CT molecular complexity index is 667. The lowest BCUT2D eigenvalue weighted by Gasteiger charge is -2.23. The molecule has 0 saturated carbocycles. The van der Waals surface area contributed by atoms with Gasteiger partial charge in [-0.25, -0.2) is 0 Å². The molecule has 1 heterocycles. The van der Waals surface area contributed by atoms with Crippen molar-refractivity contribution in [3.8, 4) is 0 Å². The highest BCUT2D eigenvalue weighted by Crippen LogP contribution is 2.16. The van der Waals surface area contributed by atoms with Gasteiger partial charge in [-0.05, 0) is 39.8 Å². The van der Waals surface area contributed by atoms with Crippen LogP contribution in [-0.4, -0.2) is 28.4 Å². The minimum absolute atomic E-state index is 0.200. The van der Waals surface area contributed by atoms with Crippen LogP contribution >= 0.6 is 0 Å². The van der Waals surface area contributed by atoms with Crippen molar-refractivity contribution >= 4 is 22.7 Å². The van der Waals surface area contributed by atoms with Crippen molar-refractivity contribution < 1.29 is 9.59 Å². The predicted octanol–water partition coefficient (Wildman–Crippen LogP) is 2.20. The molecule has 0 aliphatic carbocycles. The summed E-state index contributed by atoms with van der Waals surface area (Å²) in [7, 11) is 0. The number of carbonyl (C=O) groups excluding carboxylic acids is 2. The number of hydrogen-bond acceptors (Lipinski definition) is 2. The Kier molecular flexibility index (Phi) is 4.02. The Morgan fingerprint density at radius 3 is 2.57 bits per heavy atom. The highest BCUT2D eigenvalue weighted by Gasteiger charge is 2.21. The zero-order valence-electron chi connectivity index (χ0n) is 12.8. The maximum Gasteiger partial charge on any atom is 0.254 e. The van der Waals surface area contributed by atoms with E-state index in [0.717, 1.165) is 10.9 Å². The van der Waals surface area contributed by atoms with E-state index in [1.54, 1.807) is 19.2 Å². The third-order valence-corrected chi connectivity index (χ3v) is 3.07. The van der Waals surface area contributed by atoms with Crippen molar-refractivity contribution in [1.82, 2.24) is 15.6 Å². The van der Waals surface area contributed by atoms with Crippen LogP contribution in [0.5, 0.6) is 0 Å². The number of benzene rings is 1. The van der Waals surface area contributed by atoms with Gasteiger partial charge in [-0.2, -0.15) is 0 Å². The molecule has 0 fully saturated rings. The number of rotatable bonds is 3. The number of aromatic amines is 1. The van der Waals surface area contributed by atoms with E-state index in [-0.39, 0.29) is 17.4 Å². The lowest BCUT2D eigenvalue weighted by Crippen LogP contribution is -2.50. The number of hydrogen-bond donors (Lipinski definition) is 3. The highest BCUT2D eigenvalue weighted by atomic mass is 16.2. The molecule has 1 aromatic carbocycles. The van der Waals surface area contributed by atoms with Gasteiger partial charge in [0.25, 0.3) is 5.91 Å². The van der Waals surface area contributed by atoms with Gasteiger partial charge in [0, 0.05) is 17.1 Å². The summed E-state index contributed by atoms with van der Waals surface area (Å²) in [6.07, 6.45) is 1.79. The molecular formula is C16H21N3O2. The van der Waals surface area contributed by atoms with E-state index < -0.39 is 6.04 Å². The number of carbonyl (C=O) groups is 2. The lowest BCUT2D eigenvalue weighted by molar-refractivity contribution is -0.124. The minimum atomic E-state index is -0.595. The number of aromatic nitrogens is 1. The molecule has 2 aromatic rings. The Morgan fingerprint density at radius 1 is 1.19 bits per heavy atom. The zero-order valence-corrected chi connectivity index (χ0v) is 12.8. The van der Waals surface area contributed by atoms with Crippen LogP contribution in [0, 0.1) is 0 Å². The Labute approximate surface area is 124 Å². The van der Waals surface area contributed by atoms with Gasteiger partial charge in [0.05, 0.1) is 11.1 Å². The second-order valence-corrected chi connectivity index (χ2v) is 6.18. The average molecular weight is 287 g/mol. The standard InChI is InChI=1S/C16H21N3O2/c1-10(14(20)19-16(2,3)4)18-15(21)12-7-5-6-11-8-9-17-13(11)12/h5-10,17H,1-4H3,(H,18,21)(H,19,20). The predicted molar refractivity (Wildman–Crippen MR) is 83.1 cm³/mol. The van der Waals surface area contributed by atoms with Crippen molar-refractivity contribution in [2.75, 3.05) is 0 Å². The number of para-hydroxylation sites is 1. The van der Waals surface area contributed by atoms with Gasteiger partial charge in [-0.3, -0.25) is 9.59 Å². The number of amides is 2. The molecular weight excluding hydrogens is 266 g/mol. The van der Waals surface area contributed by atoms with Gasteiger partial charge in [-0.15, -0.1) is 0 Å². The normalized spacial score (nSPS) is 13.0. The van der Waals surface area contributed by atoms with Gasteiger partial charge in [-0.1, -0.05) is 12.1 Å². The van der Waals surface area contributed by atoms with E-state index in [9.17, 15) is 9.59 Å². The first kappa shape index (κ1) is 15.1. The summed E-state index contributed by atoms with van der Waals surface area (Å²) >= 11 is 0. The topological polar surface area (TPSA) is 74.0 Å². The van der Waals surface area contributed by atoms with Gasteiger partial charge in [0.1, 0.15) is 6.04 Å². The molecule has 1 unspecified atom stereocenters. The summed E-state index contributed by atoms with van der Waals surface area (Å²) in [5.74, 6) is -0.464. The van der Waals surface area contributed by atoms with Crippen LogP contribution in [-0.2, 0) is 4.79 Å². The molecule has 0 saturated heterocycles. The third-order valence-electron chi connectivity index (χ3n) is 3.07. The molecule has 0 aliphatic heterocycles. The molecule has 1 aromatic heterocycles. The monoisotopic (exact) mass is 287 g/mol. The summed E-state index contributed by atoms with van der Waals surface area (Å²) in [5.41, 5.74) is 0.988. The second-order valence-electron chi connectivity index (χ2n) is 6.18. The second kappa shape index (κ2) is 5.60. The van der Waals surface area contributed by atoms with E-state index in [4.69, 9.17) is 0 Å². The van der Waals surface area contributed by atoms with Crippen LogP contribution in [0.3, 0.4) is 0 Å². The van der Waals surface area contributed by atoms with Crippen LogP contribution in [0.25, 0.3) is 10.9 Å². The molecule has 21 heavy (non-hydrogen) atoms. The SMILES string of the molecule is CC(NC(=O)c1cccc2cc[nH]c12)C(=O)NC(C)(C)C. The summed E-state index contributed by atoms with van der Waals surface area (Å²) in [6, 6.07) is 6.80. The molecule has 1 atom stereocenters. The molecule has 2 rings (SSSR count). The summed E-state index contributed by atoms with van der Waals surface area (Å²) < 4.78 is 0. The smallest absolute Gasteiger partial charge is 0.254 e. The molecule has 2 amide bonds. The molecule has 0 bridgehead atoms. The maximum absolute atomic E-state index is 12.3. The first-order valence-corrected chi connectivity index (χ1v) is 6.97. The van der Waals surface area contributed by atoms with E-state index in [2.05, 4.69) is 15.6 Å². The van der Waals surface area contributed by atoms with Crippen LogP contribution in [0.4, 0.5) is 0 Å². The van der Waals surface area contributed by atoms with Crippen LogP contribution in [0.15, 0.2) is 30.5 Å². The van der Waals surface area contributed by atoms with E-state index >= 15 is 0 Å². The fourth-order valence-electron chi connectivity index (χ4n) is 2.09. The molecule has 3 N–H and O–H groups in total. The molecule has 0 aliphatic rings. The van der Waals surface area contributed by atoms with Crippen LogP contribution in [0.2, 0.25) is 0 Å². The highest BCUT2D eigenvalue weighted by molar-refractivity contribution is 6.06. The van der Waals surface area contributed by atoms with E-state index in [1.165, 1.54) is 0 Å². The van der Waals surface area contributed by atoms with Gasteiger partial charge in [0.15, 0.2) is 0 Å². The number of fused-ring (bicyclic) bond motifs is 1. The molecule has 0 radical (unpaired) electrons. The Morgan fingerprint density at radius 2 is 1.90 bits per heavy atom. The molecule has 112 valence electrons. The zero-order chi connectivity index (χ0) is 15.6. The van der Waals surface area contributed by atoms with E-state index in [1.807, 2.05) is 39.0 Å². The van der Waals surface area contributed by atoms with Gasteiger partial charge in [0.2, 0.25) is 5.91 Å². The fraction of sp³-hybridized carbons (Fsp3) is 0.375. The molecule has 5 heteroatoms.